The summed E-state index contributed by atoms with van der Waals surface area (Å²) < 4.78 is 41.7. The second kappa shape index (κ2) is 7.66. The summed E-state index contributed by atoms with van der Waals surface area (Å²) in [5.41, 5.74) is 6.84. The average molecular weight is 446 g/mol. The minimum Gasteiger partial charge on any atom is -0.431 e. The first kappa shape index (κ1) is 19.9. The van der Waals surface area contributed by atoms with Gasteiger partial charge in [0.1, 0.15) is 5.82 Å². The molecule has 9 nitrogen and oxygen atoms in total. The van der Waals surface area contributed by atoms with Gasteiger partial charge in [-0.05, 0) is 18.9 Å². The van der Waals surface area contributed by atoms with Crippen molar-refractivity contribution >= 4 is 17.6 Å². The van der Waals surface area contributed by atoms with E-state index in [-0.39, 0.29) is 29.8 Å². The van der Waals surface area contributed by atoms with Crippen molar-refractivity contribution in [2.45, 2.75) is 37.7 Å². The zero-order chi connectivity index (χ0) is 21.8. The fraction of sp³-hybridized carbons (Fsp3) is 0.571. The van der Waals surface area contributed by atoms with Crippen LogP contribution in [0.1, 0.15) is 12.8 Å². The third kappa shape index (κ3) is 3.49. The fourth-order valence-electron chi connectivity index (χ4n) is 5.17. The maximum atomic E-state index is 12.8. The molecule has 6 rings (SSSR count). The quantitative estimate of drug-likeness (QED) is 0.739. The first-order valence-electron chi connectivity index (χ1n) is 10.9. The lowest BCUT2D eigenvalue weighted by molar-refractivity contribution is -0.0494. The highest BCUT2D eigenvalue weighted by molar-refractivity contribution is 5.68. The van der Waals surface area contributed by atoms with Gasteiger partial charge in [-0.3, -0.25) is 0 Å². The number of nitrogens with two attached hydrogens (primary N) is 1. The number of alkyl halides is 2. The Morgan fingerprint density at radius 3 is 2.81 bits per heavy atom. The molecular formula is C21H24F2N6O3. The second-order valence-electron chi connectivity index (χ2n) is 8.76. The summed E-state index contributed by atoms with van der Waals surface area (Å²) in [7, 11) is 0. The number of anilines is 3. The van der Waals surface area contributed by atoms with E-state index in [4.69, 9.17) is 25.2 Å². The Morgan fingerprint density at radius 2 is 2.06 bits per heavy atom. The van der Waals surface area contributed by atoms with E-state index < -0.39 is 6.61 Å². The Labute approximate surface area is 183 Å². The number of hydrogen-bond donors (Lipinski definition) is 1. The molecule has 4 aliphatic rings. The number of fused-ring (bicyclic) bond motifs is 3. The average Bonchev–Trinajstić information content (AvgIpc) is 3.55. The highest BCUT2D eigenvalue weighted by Crippen LogP contribution is 2.37. The smallest absolute Gasteiger partial charge is 0.387 e. The largest absolute Gasteiger partial charge is 0.431 e. The van der Waals surface area contributed by atoms with Crippen LogP contribution in [0.15, 0.2) is 18.3 Å². The summed E-state index contributed by atoms with van der Waals surface area (Å²) in [4.78, 5) is 18.1. The van der Waals surface area contributed by atoms with Crippen LogP contribution in [0.25, 0.3) is 11.3 Å². The summed E-state index contributed by atoms with van der Waals surface area (Å²) >= 11 is 0. The molecular weight excluding hydrogens is 422 g/mol. The van der Waals surface area contributed by atoms with Crippen molar-refractivity contribution in [2.75, 3.05) is 48.4 Å². The molecule has 0 radical (unpaired) electrons. The number of rotatable bonds is 5. The number of nitrogens with zero attached hydrogens (tertiary/aromatic N) is 5. The zero-order valence-corrected chi connectivity index (χ0v) is 17.4. The van der Waals surface area contributed by atoms with Gasteiger partial charge < -0.3 is 29.7 Å². The Bertz CT molecular complexity index is 1020. The predicted molar refractivity (Wildman–Crippen MR) is 112 cm³/mol. The van der Waals surface area contributed by atoms with Crippen LogP contribution < -0.4 is 20.3 Å². The molecule has 4 atom stereocenters. The molecule has 4 unspecified atom stereocenters. The molecule has 2 N–H and O–H groups in total. The highest BCUT2D eigenvalue weighted by Gasteiger charge is 2.41. The molecule has 4 aliphatic heterocycles. The highest BCUT2D eigenvalue weighted by atomic mass is 19.3. The Balaban J connectivity index is 1.38. The van der Waals surface area contributed by atoms with E-state index >= 15 is 0 Å². The molecule has 4 saturated heterocycles. The Kier molecular flexibility index (Phi) is 4.76. The zero-order valence-electron chi connectivity index (χ0n) is 17.4. The van der Waals surface area contributed by atoms with E-state index in [2.05, 4.69) is 19.5 Å². The van der Waals surface area contributed by atoms with E-state index in [0.717, 1.165) is 44.9 Å². The summed E-state index contributed by atoms with van der Waals surface area (Å²) in [6.07, 6.45) is 3.95. The van der Waals surface area contributed by atoms with Gasteiger partial charge in [-0.1, -0.05) is 0 Å². The molecule has 4 fully saturated rings. The number of hydrogen-bond acceptors (Lipinski definition) is 9. The molecule has 0 spiro atoms. The maximum absolute atomic E-state index is 12.8. The van der Waals surface area contributed by atoms with Gasteiger partial charge in [-0.2, -0.15) is 13.8 Å². The number of morpholine rings is 1. The lowest BCUT2D eigenvalue weighted by atomic mass is 10.1. The summed E-state index contributed by atoms with van der Waals surface area (Å²) in [5, 5.41) is 0. The lowest BCUT2D eigenvalue weighted by Gasteiger charge is -2.29. The molecule has 0 saturated carbocycles. The van der Waals surface area contributed by atoms with Crippen LogP contribution >= 0.6 is 0 Å². The fourth-order valence-corrected chi connectivity index (χ4v) is 5.17. The van der Waals surface area contributed by atoms with E-state index in [9.17, 15) is 8.78 Å². The van der Waals surface area contributed by atoms with Gasteiger partial charge in [-0.25, -0.2) is 9.97 Å². The van der Waals surface area contributed by atoms with Crippen molar-refractivity contribution in [3.05, 3.63) is 18.3 Å². The Morgan fingerprint density at radius 1 is 1.16 bits per heavy atom. The molecule has 0 aliphatic carbocycles. The monoisotopic (exact) mass is 446 g/mol. The molecule has 2 bridgehead atoms. The van der Waals surface area contributed by atoms with Crippen molar-refractivity contribution in [3.63, 3.8) is 0 Å². The van der Waals surface area contributed by atoms with Crippen molar-refractivity contribution in [2.24, 2.45) is 5.92 Å². The number of ether oxygens (including phenoxy) is 3. The first-order valence-corrected chi connectivity index (χ1v) is 10.9. The van der Waals surface area contributed by atoms with Gasteiger partial charge in [0.2, 0.25) is 5.95 Å². The van der Waals surface area contributed by atoms with E-state index in [0.29, 0.717) is 29.7 Å². The van der Waals surface area contributed by atoms with Gasteiger partial charge in [0, 0.05) is 50.0 Å². The SMILES string of the molecule is Nc1ncc(-c2cc(N3CC4CC3CO4)nc(N3CC4CCOC4C3)n2)cc1OC(F)F. The molecule has 0 amide bonds. The number of nitrogen functional groups attached to an aromatic ring is 1. The van der Waals surface area contributed by atoms with Gasteiger partial charge in [0.15, 0.2) is 11.6 Å². The summed E-state index contributed by atoms with van der Waals surface area (Å²) in [6.45, 7) is 0.835. The van der Waals surface area contributed by atoms with E-state index in [1.54, 1.807) is 0 Å². The molecule has 32 heavy (non-hydrogen) atoms. The van der Waals surface area contributed by atoms with Crippen molar-refractivity contribution in [1.29, 1.82) is 0 Å². The van der Waals surface area contributed by atoms with Crippen LogP contribution in [0.2, 0.25) is 0 Å². The minimum absolute atomic E-state index is 0.0953. The van der Waals surface area contributed by atoms with Crippen LogP contribution in [0.3, 0.4) is 0 Å². The van der Waals surface area contributed by atoms with E-state index in [1.165, 1.54) is 12.3 Å². The van der Waals surface area contributed by atoms with Crippen molar-refractivity contribution < 1.29 is 23.0 Å². The second-order valence-corrected chi connectivity index (χ2v) is 8.76. The topological polar surface area (TPSA) is 98.9 Å². The molecule has 2 aromatic rings. The molecule has 6 heterocycles. The summed E-state index contributed by atoms with van der Waals surface area (Å²) in [5.74, 6) is 1.62. The third-order valence-corrected chi connectivity index (χ3v) is 6.77. The van der Waals surface area contributed by atoms with Crippen LogP contribution in [-0.2, 0) is 9.47 Å². The standard InChI is InChI=1S/C21H24F2N6O3/c22-20(23)32-16-3-12(6-25-19(16)24)15-5-18(29-8-14-4-13(29)10-31-14)27-21(26-15)28-7-11-1-2-30-17(11)9-28/h3,5-6,11,13-14,17,20H,1-2,4,7-10H2,(H2,24,25). The van der Waals surface area contributed by atoms with Crippen molar-refractivity contribution in [3.8, 4) is 17.0 Å². The third-order valence-electron chi connectivity index (χ3n) is 6.77. The molecule has 0 aromatic carbocycles. The molecule has 170 valence electrons. The molecule has 11 heteroatoms. The molecule has 2 aromatic heterocycles. The van der Waals surface area contributed by atoms with Crippen LogP contribution in [0.4, 0.5) is 26.4 Å². The van der Waals surface area contributed by atoms with Crippen molar-refractivity contribution in [1.82, 2.24) is 15.0 Å². The first-order chi connectivity index (χ1) is 15.5. The predicted octanol–water partition coefficient (Wildman–Crippen LogP) is 1.92. The van der Waals surface area contributed by atoms with Gasteiger partial charge in [0.25, 0.3) is 0 Å². The van der Waals surface area contributed by atoms with Gasteiger partial charge in [0.05, 0.1) is 30.6 Å². The number of halogens is 2. The normalized spacial score (nSPS) is 28.7. The van der Waals surface area contributed by atoms with Crippen LogP contribution in [0.5, 0.6) is 5.75 Å². The summed E-state index contributed by atoms with van der Waals surface area (Å²) in [6, 6.07) is 3.60. The lowest BCUT2D eigenvalue weighted by Crippen LogP contribution is -2.38. The van der Waals surface area contributed by atoms with E-state index in [1.807, 2.05) is 6.07 Å². The Hall–Kier alpha value is -2.79. The minimum atomic E-state index is -2.99. The number of aromatic nitrogens is 3. The maximum Gasteiger partial charge on any atom is 0.387 e. The van der Waals surface area contributed by atoms with Crippen LogP contribution in [0, 0.1) is 5.92 Å². The van der Waals surface area contributed by atoms with Gasteiger partial charge >= 0.3 is 6.61 Å². The van der Waals surface area contributed by atoms with Gasteiger partial charge in [-0.15, -0.1) is 0 Å². The van der Waals surface area contributed by atoms with Crippen LogP contribution in [-0.4, -0.2) is 72.7 Å². The number of pyridine rings is 1.